The van der Waals surface area contributed by atoms with Crippen LogP contribution < -0.4 is 0 Å². The number of thiazole rings is 1. The van der Waals surface area contributed by atoms with Crippen molar-refractivity contribution >= 4 is 42.1 Å². The van der Waals surface area contributed by atoms with E-state index < -0.39 is 9.74 Å². The fraction of sp³-hybridized carbons (Fsp3) is 0.125. The van der Waals surface area contributed by atoms with Crippen molar-refractivity contribution in [1.29, 1.82) is 0 Å². The monoisotopic (exact) mass is 245 g/mol. The van der Waals surface area contributed by atoms with Crippen LogP contribution in [0.5, 0.6) is 0 Å². The Bertz CT molecular complexity index is 537. The predicted molar refractivity (Wildman–Crippen MR) is 60.5 cm³/mol. The van der Waals surface area contributed by atoms with Crippen molar-refractivity contribution in [3.8, 4) is 0 Å². The van der Waals surface area contributed by atoms with Gasteiger partial charge in [-0.15, -0.1) is 11.3 Å². The van der Waals surface area contributed by atoms with Crippen LogP contribution in [0.25, 0.3) is 10.2 Å². The van der Waals surface area contributed by atoms with Crippen LogP contribution in [0.4, 0.5) is 0 Å². The summed E-state index contributed by atoms with van der Waals surface area (Å²) in [6.45, 7) is 1.94. The van der Waals surface area contributed by atoms with E-state index in [-0.39, 0.29) is 0 Å². The van der Waals surface area contributed by atoms with Gasteiger partial charge in [-0.05, 0) is 25.1 Å². The van der Waals surface area contributed by atoms with Gasteiger partial charge in [0, 0.05) is 15.7 Å². The van der Waals surface area contributed by atoms with Gasteiger partial charge in [-0.2, -0.15) is 0 Å². The first-order valence-electron chi connectivity index (χ1n) is 3.85. The molecule has 0 spiro atoms. The summed E-state index contributed by atoms with van der Waals surface area (Å²) < 4.78 is 22.1. The SMILES string of the molecule is Cc1nc2cc(S[SH](=O)=O)ccc2s1. The fourth-order valence-electron chi connectivity index (χ4n) is 1.17. The lowest BCUT2D eigenvalue weighted by atomic mass is 10.3. The molecule has 74 valence electrons. The Kier molecular flexibility index (Phi) is 2.76. The second kappa shape index (κ2) is 3.88. The maximum Gasteiger partial charge on any atom is 0.196 e. The molecule has 1 aromatic heterocycles. The quantitative estimate of drug-likeness (QED) is 0.651. The number of rotatable bonds is 2. The number of hydrogen-bond donors (Lipinski definition) is 1. The van der Waals surface area contributed by atoms with E-state index in [9.17, 15) is 8.42 Å². The van der Waals surface area contributed by atoms with Crippen LogP contribution in [0.2, 0.25) is 0 Å². The Morgan fingerprint density at radius 2 is 2.21 bits per heavy atom. The smallest absolute Gasteiger partial charge is 0.196 e. The highest BCUT2D eigenvalue weighted by Gasteiger charge is 2.02. The molecule has 14 heavy (non-hydrogen) atoms. The largest absolute Gasteiger partial charge is 0.241 e. The van der Waals surface area contributed by atoms with Crippen molar-refractivity contribution in [3.05, 3.63) is 23.2 Å². The van der Waals surface area contributed by atoms with Gasteiger partial charge in [-0.1, -0.05) is 0 Å². The zero-order chi connectivity index (χ0) is 10.1. The lowest BCUT2D eigenvalue weighted by Crippen LogP contribution is -1.73. The van der Waals surface area contributed by atoms with Gasteiger partial charge in [-0.3, -0.25) is 0 Å². The standard InChI is InChI=1S/C8H7NO2S3/c1-5-9-7-4-6(13-14(10)11)2-3-8(7)12-5/h2-4,14H,1H3. The molecule has 0 radical (unpaired) electrons. The van der Waals surface area contributed by atoms with Crippen LogP contribution in [-0.2, 0) is 9.74 Å². The van der Waals surface area contributed by atoms with Crippen LogP contribution in [0, 0.1) is 6.92 Å². The minimum atomic E-state index is -2.43. The molecule has 1 aromatic carbocycles. The van der Waals surface area contributed by atoms with Crippen LogP contribution in [0.3, 0.4) is 0 Å². The number of aryl methyl sites for hydroxylation is 1. The van der Waals surface area contributed by atoms with Crippen molar-refractivity contribution < 1.29 is 8.42 Å². The van der Waals surface area contributed by atoms with Crippen molar-refractivity contribution in [1.82, 2.24) is 4.98 Å². The van der Waals surface area contributed by atoms with Gasteiger partial charge in [0.15, 0.2) is 9.74 Å². The second-order valence-corrected chi connectivity index (χ2v) is 6.46. The maximum atomic E-state index is 10.5. The predicted octanol–water partition coefficient (Wildman–Crippen LogP) is 2.22. The van der Waals surface area contributed by atoms with Gasteiger partial charge in [0.05, 0.1) is 15.2 Å². The third-order valence-corrected chi connectivity index (χ3v) is 4.29. The highest BCUT2D eigenvalue weighted by Crippen LogP contribution is 2.27. The molecular weight excluding hydrogens is 238 g/mol. The molecule has 0 saturated carbocycles. The minimum absolute atomic E-state index is 0.721. The summed E-state index contributed by atoms with van der Waals surface area (Å²) in [7, 11) is -1.59. The van der Waals surface area contributed by atoms with E-state index in [1.54, 1.807) is 23.5 Å². The summed E-state index contributed by atoms with van der Waals surface area (Å²) in [5.41, 5.74) is 0.870. The third kappa shape index (κ3) is 2.08. The topological polar surface area (TPSA) is 47.0 Å². The van der Waals surface area contributed by atoms with Crippen molar-refractivity contribution in [2.24, 2.45) is 0 Å². The summed E-state index contributed by atoms with van der Waals surface area (Å²) in [4.78, 5) is 5.01. The maximum absolute atomic E-state index is 10.5. The highest BCUT2D eigenvalue weighted by atomic mass is 33.1. The highest BCUT2D eigenvalue weighted by molar-refractivity contribution is 8.64. The lowest BCUT2D eigenvalue weighted by molar-refractivity contribution is 0.626. The van der Waals surface area contributed by atoms with Crippen LogP contribution >= 0.6 is 22.1 Å². The number of nitrogens with zero attached hydrogens (tertiary/aromatic N) is 1. The van der Waals surface area contributed by atoms with Crippen molar-refractivity contribution in [2.75, 3.05) is 0 Å². The number of hydrogen-bond acceptors (Lipinski definition) is 5. The Labute approximate surface area is 90.5 Å². The van der Waals surface area contributed by atoms with Gasteiger partial charge < -0.3 is 0 Å². The third-order valence-electron chi connectivity index (χ3n) is 1.65. The van der Waals surface area contributed by atoms with Gasteiger partial charge >= 0.3 is 0 Å². The summed E-state index contributed by atoms with van der Waals surface area (Å²) in [6.07, 6.45) is 0. The number of aromatic nitrogens is 1. The van der Waals surface area contributed by atoms with Crippen LogP contribution in [-0.4, -0.2) is 13.4 Å². The molecule has 2 rings (SSSR count). The molecule has 0 saturated heterocycles. The molecule has 0 N–H and O–H groups in total. The molecule has 0 bridgehead atoms. The van der Waals surface area contributed by atoms with E-state index in [1.807, 2.05) is 13.0 Å². The Morgan fingerprint density at radius 1 is 1.43 bits per heavy atom. The molecule has 0 unspecified atom stereocenters. The van der Waals surface area contributed by atoms with Gasteiger partial charge in [0.2, 0.25) is 0 Å². The molecule has 6 heteroatoms. The molecule has 0 aliphatic heterocycles. The van der Waals surface area contributed by atoms with Gasteiger partial charge in [0.25, 0.3) is 0 Å². The average Bonchev–Trinajstić information content (AvgIpc) is 2.42. The van der Waals surface area contributed by atoms with E-state index in [1.165, 1.54) is 0 Å². The summed E-state index contributed by atoms with van der Waals surface area (Å²) in [5, 5.41) is 0.994. The minimum Gasteiger partial charge on any atom is -0.241 e. The normalized spacial score (nSPS) is 11.3. The molecule has 2 aromatic rings. The average molecular weight is 245 g/mol. The van der Waals surface area contributed by atoms with E-state index in [4.69, 9.17) is 0 Å². The molecule has 0 fully saturated rings. The Hall–Kier alpha value is -0.590. The molecule has 0 aliphatic carbocycles. The van der Waals surface area contributed by atoms with Gasteiger partial charge in [-0.25, -0.2) is 13.4 Å². The zero-order valence-electron chi connectivity index (χ0n) is 7.26. The van der Waals surface area contributed by atoms with Crippen LogP contribution in [0.15, 0.2) is 23.1 Å². The number of benzene rings is 1. The first-order valence-corrected chi connectivity index (χ1v) is 7.26. The first kappa shape index (κ1) is 9.95. The number of thiol groups is 1. The van der Waals surface area contributed by atoms with E-state index in [2.05, 4.69) is 4.98 Å². The summed E-state index contributed by atoms with van der Waals surface area (Å²) in [6, 6.07) is 5.51. The van der Waals surface area contributed by atoms with Crippen LogP contribution in [0.1, 0.15) is 5.01 Å². The lowest BCUT2D eigenvalue weighted by Gasteiger charge is -1.92. The zero-order valence-corrected chi connectivity index (χ0v) is 9.79. The molecule has 0 amide bonds. The van der Waals surface area contributed by atoms with Crippen molar-refractivity contribution in [3.63, 3.8) is 0 Å². The molecule has 3 nitrogen and oxygen atoms in total. The molecule has 1 heterocycles. The Balaban J connectivity index is 2.50. The molecule has 0 atom stereocenters. The van der Waals surface area contributed by atoms with Crippen molar-refractivity contribution in [2.45, 2.75) is 11.8 Å². The van der Waals surface area contributed by atoms with Gasteiger partial charge in [0.1, 0.15) is 0 Å². The van der Waals surface area contributed by atoms with E-state index in [0.717, 1.165) is 30.9 Å². The first-order chi connectivity index (χ1) is 6.65. The second-order valence-electron chi connectivity index (χ2n) is 2.68. The summed E-state index contributed by atoms with van der Waals surface area (Å²) >= 11 is 1.61. The fourth-order valence-corrected chi connectivity index (χ4v) is 3.30. The number of fused-ring (bicyclic) bond motifs is 1. The molecule has 0 aliphatic rings. The summed E-state index contributed by atoms with van der Waals surface area (Å²) in [5.74, 6) is 0. The van der Waals surface area contributed by atoms with E-state index >= 15 is 0 Å². The Morgan fingerprint density at radius 3 is 2.93 bits per heavy atom. The van der Waals surface area contributed by atoms with E-state index in [0.29, 0.717) is 0 Å². The molecular formula is C8H7NO2S3.